The van der Waals surface area contributed by atoms with Gasteiger partial charge < -0.3 is 15.6 Å². The number of nitrogens with zero attached hydrogens (tertiary/aromatic N) is 2. The maximum atomic E-state index is 11.9. The summed E-state index contributed by atoms with van der Waals surface area (Å²) in [6.07, 6.45) is 7.41. The minimum absolute atomic E-state index is 0.106. The third-order valence-corrected chi connectivity index (χ3v) is 3.87. The molecule has 0 saturated carbocycles. The molecule has 0 aliphatic rings. The van der Waals surface area contributed by atoms with Crippen molar-refractivity contribution in [2.24, 2.45) is 5.73 Å². The SMILES string of the molecule is CCCC(N)C(=O)NCc1nccn1CCCc1ccccc1. The summed E-state index contributed by atoms with van der Waals surface area (Å²) in [5.41, 5.74) is 7.15. The largest absolute Gasteiger partial charge is 0.348 e. The van der Waals surface area contributed by atoms with E-state index < -0.39 is 6.04 Å². The lowest BCUT2D eigenvalue weighted by molar-refractivity contribution is -0.122. The van der Waals surface area contributed by atoms with Crippen molar-refractivity contribution in [3.8, 4) is 0 Å². The van der Waals surface area contributed by atoms with Crippen LogP contribution in [0.15, 0.2) is 42.7 Å². The fourth-order valence-corrected chi connectivity index (χ4v) is 2.55. The van der Waals surface area contributed by atoms with Crippen LogP contribution in [-0.4, -0.2) is 21.5 Å². The lowest BCUT2D eigenvalue weighted by Crippen LogP contribution is -2.40. The van der Waals surface area contributed by atoms with Gasteiger partial charge in [-0.1, -0.05) is 43.7 Å². The highest BCUT2D eigenvalue weighted by Crippen LogP contribution is 2.06. The molecule has 1 heterocycles. The molecule has 0 fully saturated rings. The van der Waals surface area contributed by atoms with Gasteiger partial charge in [0.2, 0.25) is 5.91 Å². The van der Waals surface area contributed by atoms with Crippen molar-refractivity contribution >= 4 is 5.91 Å². The first-order chi connectivity index (χ1) is 11.2. The summed E-state index contributed by atoms with van der Waals surface area (Å²) in [5.74, 6) is 0.765. The number of imidazole rings is 1. The molecule has 5 heteroatoms. The number of rotatable bonds is 9. The monoisotopic (exact) mass is 314 g/mol. The van der Waals surface area contributed by atoms with E-state index in [2.05, 4.69) is 39.1 Å². The van der Waals surface area contributed by atoms with E-state index in [1.165, 1.54) is 5.56 Å². The Bertz CT molecular complexity index is 594. The molecule has 0 saturated heterocycles. The molecule has 0 bridgehead atoms. The molecule has 0 aliphatic carbocycles. The van der Waals surface area contributed by atoms with Gasteiger partial charge in [0.05, 0.1) is 12.6 Å². The van der Waals surface area contributed by atoms with Crippen LogP contribution in [0.25, 0.3) is 0 Å². The molecule has 0 radical (unpaired) electrons. The molecule has 1 aromatic heterocycles. The van der Waals surface area contributed by atoms with E-state index in [1.807, 2.05) is 19.2 Å². The van der Waals surface area contributed by atoms with Crippen LogP contribution in [0, 0.1) is 0 Å². The highest BCUT2D eigenvalue weighted by molar-refractivity contribution is 5.81. The zero-order valence-electron chi connectivity index (χ0n) is 13.7. The average molecular weight is 314 g/mol. The molecular weight excluding hydrogens is 288 g/mol. The van der Waals surface area contributed by atoms with Crippen molar-refractivity contribution < 1.29 is 4.79 Å². The minimum atomic E-state index is -0.429. The molecule has 124 valence electrons. The maximum Gasteiger partial charge on any atom is 0.237 e. The van der Waals surface area contributed by atoms with Gasteiger partial charge in [-0.25, -0.2) is 4.98 Å². The van der Waals surface area contributed by atoms with Gasteiger partial charge in [-0.3, -0.25) is 4.79 Å². The van der Waals surface area contributed by atoms with E-state index in [4.69, 9.17) is 5.73 Å². The maximum absolute atomic E-state index is 11.9. The standard InChI is InChI=1S/C18H26N4O/c1-2-7-16(19)18(23)21-14-17-20-11-13-22(17)12-6-10-15-8-4-3-5-9-15/h3-5,8-9,11,13,16H,2,6-7,10,12,14,19H2,1H3,(H,21,23). The van der Waals surface area contributed by atoms with Gasteiger partial charge in [0, 0.05) is 18.9 Å². The number of hydrogen-bond donors (Lipinski definition) is 2. The number of carbonyl (C=O) groups is 1. The molecule has 2 rings (SSSR count). The summed E-state index contributed by atoms with van der Waals surface area (Å²) in [4.78, 5) is 16.2. The summed E-state index contributed by atoms with van der Waals surface area (Å²) >= 11 is 0. The quantitative estimate of drug-likeness (QED) is 0.745. The molecule has 3 N–H and O–H groups in total. The van der Waals surface area contributed by atoms with Gasteiger partial charge in [0.25, 0.3) is 0 Å². The van der Waals surface area contributed by atoms with Crippen molar-refractivity contribution in [3.05, 3.63) is 54.1 Å². The summed E-state index contributed by atoms with van der Waals surface area (Å²) in [7, 11) is 0. The Hall–Kier alpha value is -2.14. The van der Waals surface area contributed by atoms with E-state index in [-0.39, 0.29) is 5.91 Å². The Morgan fingerprint density at radius 1 is 1.35 bits per heavy atom. The third kappa shape index (κ3) is 5.53. The van der Waals surface area contributed by atoms with Crippen LogP contribution in [0.5, 0.6) is 0 Å². The van der Waals surface area contributed by atoms with E-state index in [0.717, 1.165) is 31.6 Å². The van der Waals surface area contributed by atoms with Crippen LogP contribution in [0.2, 0.25) is 0 Å². The molecule has 5 nitrogen and oxygen atoms in total. The van der Waals surface area contributed by atoms with Crippen molar-refractivity contribution in [3.63, 3.8) is 0 Å². The molecule has 2 aromatic rings. The van der Waals surface area contributed by atoms with E-state index in [9.17, 15) is 4.79 Å². The third-order valence-electron chi connectivity index (χ3n) is 3.87. The molecule has 1 aromatic carbocycles. The lowest BCUT2D eigenvalue weighted by Gasteiger charge is -2.12. The van der Waals surface area contributed by atoms with Crippen LogP contribution in [0.3, 0.4) is 0 Å². The average Bonchev–Trinajstić information content (AvgIpc) is 3.01. The summed E-state index contributed by atoms with van der Waals surface area (Å²) in [5, 5.41) is 2.87. The zero-order chi connectivity index (χ0) is 16.5. The number of amides is 1. The molecule has 23 heavy (non-hydrogen) atoms. The second kappa shape index (κ2) is 9.10. The topological polar surface area (TPSA) is 72.9 Å². The van der Waals surface area contributed by atoms with Gasteiger partial charge in [-0.15, -0.1) is 0 Å². The van der Waals surface area contributed by atoms with Crippen molar-refractivity contribution in [1.82, 2.24) is 14.9 Å². The first-order valence-corrected chi connectivity index (χ1v) is 8.28. The van der Waals surface area contributed by atoms with Crippen molar-refractivity contribution in [1.29, 1.82) is 0 Å². The van der Waals surface area contributed by atoms with Gasteiger partial charge >= 0.3 is 0 Å². The summed E-state index contributed by atoms with van der Waals surface area (Å²) < 4.78 is 2.09. The number of aromatic nitrogens is 2. The Morgan fingerprint density at radius 2 is 2.13 bits per heavy atom. The van der Waals surface area contributed by atoms with Crippen LogP contribution < -0.4 is 11.1 Å². The second-order valence-electron chi connectivity index (χ2n) is 5.74. The van der Waals surface area contributed by atoms with Crippen molar-refractivity contribution in [2.75, 3.05) is 0 Å². The highest BCUT2D eigenvalue weighted by Gasteiger charge is 2.12. The Labute approximate surface area is 137 Å². The van der Waals surface area contributed by atoms with Crippen LogP contribution in [0.1, 0.15) is 37.6 Å². The normalized spacial score (nSPS) is 12.1. The fraction of sp³-hybridized carbons (Fsp3) is 0.444. The number of nitrogens with one attached hydrogen (secondary N) is 1. The van der Waals surface area contributed by atoms with Gasteiger partial charge in [-0.05, 0) is 24.8 Å². The predicted octanol–water partition coefficient (Wildman–Crippen LogP) is 2.26. The summed E-state index contributed by atoms with van der Waals surface area (Å²) in [6.45, 7) is 3.34. The van der Waals surface area contributed by atoms with Crippen LogP contribution >= 0.6 is 0 Å². The van der Waals surface area contributed by atoms with E-state index in [1.54, 1.807) is 6.20 Å². The molecule has 0 spiro atoms. The first kappa shape index (κ1) is 17.2. The van der Waals surface area contributed by atoms with Gasteiger partial charge in [-0.2, -0.15) is 0 Å². The number of benzene rings is 1. The lowest BCUT2D eigenvalue weighted by atomic mass is 10.1. The number of carbonyl (C=O) groups excluding carboxylic acids is 1. The van der Waals surface area contributed by atoms with Gasteiger partial charge in [0.1, 0.15) is 5.82 Å². The Kier molecular flexibility index (Phi) is 6.81. The van der Waals surface area contributed by atoms with Crippen LogP contribution in [-0.2, 0) is 24.3 Å². The van der Waals surface area contributed by atoms with E-state index in [0.29, 0.717) is 13.0 Å². The number of nitrogens with two attached hydrogens (primary N) is 1. The smallest absolute Gasteiger partial charge is 0.237 e. The zero-order valence-corrected chi connectivity index (χ0v) is 13.7. The predicted molar refractivity (Wildman–Crippen MR) is 91.7 cm³/mol. The fourth-order valence-electron chi connectivity index (χ4n) is 2.55. The van der Waals surface area contributed by atoms with E-state index >= 15 is 0 Å². The summed E-state index contributed by atoms with van der Waals surface area (Å²) in [6, 6.07) is 10.0. The molecule has 1 atom stereocenters. The van der Waals surface area contributed by atoms with Gasteiger partial charge in [0.15, 0.2) is 0 Å². The number of aryl methyl sites for hydroxylation is 2. The Balaban J connectivity index is 1.79. The first-order valence-electron chi connectivity index (χ1n) is 8.28. The molecular formula is C18H26N4O. The molecule has 1 amide bonds. The number of hydrogen-bond acceptors (Lipinski definition) is 3. The molecule has 1 unspecified atom stereocenters. The van der Waals surface area contributed by atoms with Crippen molar-refractivity contribution in [2.45, 2.75) is 51.7 Å². The second-order valence-corrected chi connectivity index (χ2v) is 5.74. The highest BCUT2D eigenvalue weighted by atomic mass is 16.2. The molecule has 0 aliphatic heterocycles. The Morgan fingerprint density at radius 3 is 2.87 bits per heavy atom. The van der Waals surface area contributed by atoms with Crippen LogP contribution in [0.4, 0.5) is 0 Å². The minimum Gasteiger partial charge on any atom is -0.348 e.